The maximum absolute atomic E-state index is 3.76. The summed E-state index contributed by atoms with van der Waals surface area (Å²) in [7, 11) is 0. The fourth-order valence-corrected chi connectivity index (χ4v) is 4.04. The lowest BCUT2D eigenvalue weighted by Gasteiger charge is -2.31. The molecule has 0 atom stereocenters. The molecule has 106 valence electrons. The summed E-state index contributed by atoms with van der Waals surface area (Å²) in [5.41, 5.74) is 0.638. The molecule has 2 heteroatoms. The monoisotopic (exact) mass is 252 g/mol. The Balaban J connectivity index is 1.65. The van der Waals surface area contributed by atoms with Gasteiger partial charge in [-0.1, -0.05) is 26.7 Å². The minimum Gasteiger partial charge on any atom is -0.315 e. The van der Waals surface area contributed by atoms with E-state index in [0.717, 1.165) is 5.92 Å². The summed E-state index contributed by atoms with van der Waals surface area (Å²) in [5.74, 6) is 0.850. The Labute approximate surface area is 114 Å². The molecule has 2 aliphatic rings. The largest absolute Gasteiger partial charge is 0.315 e. The van der Waals surface area contributed by atoms with Crippen LogP contribution in [0.5, 0.6) is 0 Å². The number of nitrogens with one attached hydrogen (secondary N) is 1. The fourth-order valence-electron chi connectivity index (χ4n) is 4.04. The van der Waals surface area contributed by atoms with Gasteiger partial charge >= 0.3 is 0 Å². The molecule has 0 unspecified atom stereocenters. The summed E-state index contributed by atoms with van der Waals surface area (Å²) in [6, 6.07) is 0. The van der Waals surface area contributed by atoms with Gasteiger partial charge in [0.1, 0.15) is 0 Å². The van der Waals surface area contributed by atoms with Crippen molar-refractivity contribution in [2.45, 2.75) is 58.8 Å². The SMILES string of the molecule is CC(C)CC1(CNCCN2CCCC2)CCCC1. The molecule has 0 spiro atoms. The average molecular weight is 252 g/mol. The standard InChI is InChI=1S/C16H32N2/c1-15(2)13-16(7-3-4-8-16)14-17-9-12-18-10-5-6-11-18/h15,17H,3-14H2,1-2H3. The molecule has 2 nitrogen and oxygen atoms in total. The highest BCUT2D eigenvalue weighted by molar-refractivity contribution is 4.87. The van der Waals surface area contributed by atoms with E-state index < -0.39 is 0 Å². The maximum Gasteiger partial charge on any atom is 0.0107 e. The second-order valence-corrected chi connectivity index (χ2v) is 7.03. The number of hydrogen-bond donors (Lipinski definition) is 1. The lowest BCUT2D eigenvalue weighted by Crippen LogP contribution is -2.37. The molecule has 1 heterocycles. The van der Waals surface area contributed by atoms with Crippen LogP contribution < -0.4 is 5.32 Å². The summed E-state index contributed by atoms with van der Waals surface area (Å²) in [6.45, 7) is 11.1. The van der Waals surface area contributed by atoms with Crippen LogP contribution in [0.2, 0.25) is 0 Å². The van der Waals surface area contributed by atoms with E-state index in [1.807, 2.05) is 0 Å². The van der Waals surface area contributed by atoms with Crippen molar-refractivity contribution in [1.82, 2.24) is 10.2 Å². The van der Waals surface area contributed by atoms with Gasteiger partial charge in [-0.05, 0) is 56.5 Å². The van der Waals surface area contributed by atoms with Crippen LogP contribution in [0.3, 0.4) is 0 Å². The van der Waals surface area contributed by atoms with E-state index >= 15 is 0 Å². The van der Waals surface area contributed by atoms with Crippen LogP contribution in [0, 0.1) is 11.3 Å². The van der Waals surface area contributed by atoms with Gasteiger partial charge in [0.05, 0.1) is 0 Å². The minimum absolute atomic E-state index is 0.638. The van der Waals surface area contributed by atoms with Gasteiger partial charge in [-0.3, -0.25) is 0 Å². The van der Waals surface area contributed by atoms with Gasteiger partial charge in [-0.15, -0.1) is 0 Å². The van der Waals surface area contributed by atoms with Crippen LogP contribution in [0.25, 0.3) is 0 Å². The van der Waals surface area contributed by atoms with Gasteiger partial charge in [-0.2, -0.15) is 0 Å². The molecule has 1 saturated carbocycles. The molecule has 0 radical (unpaired) electrons. The van der Waals surface area contributed by atoms with E-state index in [9.17, 15) is 0 Å². The first-order chi connectivity index (χ1) is 8.70. The molecular weight excluding hydrogens is 220 g/mol. The van der Waals surface area contributed by atoms with Crippen molar-refractivity contribution in [3.8, 4) is 0 Å². The molecule has 0 bridgehead atoms. The van der Waals surface area contributed by atoms with Crippen LogP contribution in [0.15, 0.2) is 0 Å². The van der Waals surface area contributed by atoms with Gasteiger partial charge in [0.25, 0.3) is 0 Å². The lowest BCUT2D eigenvalue weighted by atomic mass is 9.78. The van der Waals surface area contributed by atoms with Crippen molar-refractivity contribution in [2.75, 3.05) is 32.7 Å². The van der Waals surface area contributed by atoms with Crippen molar-refractivity contribution >= 4 is 0 Å². The highest BCUT2D eigenvalue weighted by Gasteiger charge is 2.33. The van der Waals surface area contributed by atoms with E-state index in [-0.39, 0.29) is 0 Å². The van der Waals surface area contributed by atoms with E-state index in [2.05, 4.69) is 24.1 Å². The number of likely N-dealkylation sites (tertiary alicyclic amines) is 1. The number of nitrogens with zero attached hydrogens (tertiary/aromatic N) is 1. The topological polar surface area (TPSA) is 15.3 Å². The molecule has 0 aromatic heterocycles. The first-order valence-electron chi connectivity index (χ1n) is 8.13. The molecule has 0 aromatic carbocycles. The predicted octanol–water partition coefficient (Wildman–Crippen LogP) is 3.28. The molecule has 1 N–H and O–H groups in total. The zero-order valence-electron chi connectivity index (χ0n) is 12.5. The number of rotatable bonds is 7. The van der Waals surface area contributed by atoms with E-state index in [4.69, 9.17) is 0 Å². The molecule has 1 aliphatic heterocycles. The fraction of sp³-hybridized carbons (Fsp3) is 1.00. The van der Waals surface area contributed by atoms with E-state index in [1.165, 1.54) is 77.7 Å². The van der Waals surface area contributed by atoms with E-state index in [1.54, 1.807) is 0 Å². The Hall–Kier alpha value is -0.0800. The third kappa shape index (κ3) is 4.24. The van der Waals surface area contributed by atoms with Crippen molar-refractivity contribution in [2.24, 2.45) is 11.3 Å². The zero-order valence-corrected chi connectivity index (χ0v) is 12.5. The van der Waals surface area contributed by atoms with Crippen molar-refractivity contribution in [1.29, 1.82) is 0 Å². The Kier molecular flexibility index (Phi) is 5.50. The van der Waals surface area contributed by atoms with Crippen molar-refractivity contribution in [3.05, 3.63) is 0 Å². The zero-order chi connectivity index (χ0) is 12.8. The highest BCUT2D eigenvalue weighted by atomic mass is 15.1. The molecule has 2 rings (SSSR count). The van der Waals surface area contributed by atoms with Gasteiger partial charge in [-0.25, -0.2) is 0 Å². The second-order valence-electron chi connectivity index (χ2n) is 7.03. The molecule has 0 amide bonds. The van der Waals surface area contributed by atoms with Gasteiger partial charge < -0.3 is 10.2 Å². The average Bonchev–Trinajstić information content (AvgIpc) is 2.95. The van der Waals surface area contributed by atoms with Gasteiger partial charge in [0.2, 0.25) is 0 Å². The first kappa shape index (κ1) is 14.3. The third-order valence-electron chi connectivity index (χ3n) is 4.81. The normalized spacial score (nSPS) is 24.2. The smallest absolute Gasteiger partial charge is 0.0107 e. The predicted molar refractivity (Wildman–Crippen MR) is 78.9 cm³/mol. The van der Waals surface area contributed by atoms with Crippen LogP contribution in [-0.4, -0.2) is 37.6 Å². The Morgan fingerprint density at radius 1 is 1.06 bits per heavy atom. The third-order valence-corrected chi connectivity index (χ3v) is 4.81. The lowest BCUT2D eigenvalue weighted by molar-refractivity contribution is 0.219. The van der Waals surface area contributed by atoms with Crippen LogP contribution in [0.1, 0.15) is 58.8 Å². The van der Waals surface area contributed by atoms with E-state index in [0.29, 0.717) is 5.41 Å². The summed E-state index contributed by atoms with van der Waals surface area (Å²) in [5, 5.41) is 3.76. The molecule has 0 aromatic rings. The quantitative estimate of drug-likeness (QED) is 0.700. The summed E-state index contributed by atoms with van der Waals surface area (Å²) >= 11 is 0. The molecular formula is C16H32N2. The van der Waals surface area contributed by atoms with Gasteiger partial charge in [0.15, 0.2) is 0 Å². The van der Waals surface area contributed by atoms with Crippen molar-refractivity contribution < 1.29 is 0 Å². The molecule has 1 aliphatic carbocycles. The van der Waals surface area contributed by atoms with Crippen LogP contribution >= 0.6 is 0 Å². The molecule has 1 saturated heterocycles. The molecule has 2 fully saturated rings. The van der Waals surface area contributed by atoms with Crippen LogP contribution in [-0.2, 0) is 0 Å². The summed E-state index contributed by atoms with van der Waals surface area (Å²) < 4.78 is 0. The number of hydrogen-bond acceptors (Lipinski definition) is 2. The van der Waals surface area contributed by atoms with Crippen LogP contribution in [0.4, 0.5) is 0 Å². The highest BCUT2D eigenvalue weighted by Crippen LogP contribution is 2.42. The summed E-state index contributed by atoms with van der Waals surface area (Å²) in [4.78, 5) is 2.61. The summed E-state index contributed by atoms with van der Waals surface area (Å²) in [6.07, 6.45) is 10.1. The maximum atomic E-state index is 3.76. The second kappa shape index (κ2) is 6.91. The Bertz CT molecular complexity index is 225. The van der Waals surface area contributed by atoms with Crippen molar-refractivity contribution in [3.63, 3.8) is 0 Å². The first-order valence-corrected chi connectivity index (χ1v) is 8.13. The van der Waals surface area contributed by atoms with Gasteiger partial charge in [0, 0.05) is 19.6 Å². The Morgan fingerprint density at radius 3 is 2.33 bits per heavy atom. The molecule has 18 heavy (non-hydrogen) atoms. The minimum atomic E-state index is 0.638. The Morgan fingerprint density at radius 2 is 1.72 bits per heavy atom.